The molecule has 242 valence electrons. The Labute approximate surface area is 263 Å². The topological polar surface area (TPSA) is 20.2 Å². The van der Waals surface area contributed by atoms with Crippen LogP contribution in [0.25, 0.3) is 0 Å². The molecular weight excluding hydrogens is 544 g/mol. The van der Waals surface area contributed by atoms with E-state index in [2.05, 4.69) is 26.1 Å². The summed E-state index contributed by atoms with van der Waals surface area (Å²) in [5.41, 5.74) is 0. The normalized spacial score (nSPS) is 12.1. The van der Waals surface area contributed by atoms with Gasteiger partial charge in [-0.15, -0.1) is 0 Å². The molecule has 40 heavy (non-hydrogen) atoms. The molecule has 0 amide bonds. The maximum atomic E-state index is 10.2. The van der Waals surface area contributed by atoms with Crippen molar-refractivity contribution in [3.8, 4) is 0 Å². The van der Waals surface area contributed by atoms with Crippen LogP contribution >= 0.6 is 18.4 Å². The number of thiol groups is 1. The van der Waals surface area contributed by atoms with Gasteiger partial charge in [0.1, 0.15) is 12.2 Å². The summed E-state index contributed by atoms with van der Waals surface area (Å²) in [6.07, 6.45) is 44.6. The van der Waals surface area contributed by atoms with Gasteiger partial charge >= 0.3 is 6.13 Å². The Bertz CT molecular complexity index is 469. The van der Waals surface area contributed by atoms with Gasteiger partial charge in [0.2, 0.25) is 0 Å². The minimum atomic E-state index is -1.03. The van der Waals surface area contributed by atoms with E-state index in [9.17, 15) is 4.89 Å². The van der Waals surface area contributed by atoms with E-state index in [4.69, 9.17) is 0 Å². The lowest BCUT2D eigenvalue weighted by molar-refractivity contribution is 0.531. The standard InChI is InChI=1S/C36H76OPS2/c1-3-5-7-9-11-13-15-17-19-21-23-25-27-29-31-33-35-40(38(37)39)36-34-32-30-28-26-24-22-20-18-16-14-12-10-8-6-4-2/h37,39H,3-36H2,1-2H3/q+1. The van der Waals surface area contributed by atoms with Gasteiger partial charge in [-0.1, -0.05) is 206 Å². The number of hydrogen-bond donors (Lipinski definition) is 2. The molecule has 1 nitrogen and oxygen atoms in total. The molecule has 1 unspecified atom stereocenters. The highest BCUT2D eigenvalue weighted by molar-refractivity contribution is 8.60. The van der Waals surface area contributed by atoms with Gasteiger partial charge in [-0.05, 0) is 12.8 Å². The van der Waals surface area contributed by atoms with Gasteiger partial charge in [0.15, 0.2) is 0 Å². The van der Waals surface area contributed by atoms with E-state index >= 15 is 0 Å². The predicted octanol–water partition coefficient (Wildman–Crippen LogP) is 14.3. The van der Waals surface area contributed by atoms with Gasteiger partial charge in [-0.3, -0.25) is 0 Å². The monoisotopic (exact) mass is 620 g/mol. The first kappa shape index (κ1) is 41.0. The Balaban J connectivity index is 3.39. The quantitative estimate of drug-likeness (QED) is 0.0417. The second-order valence-corrected chi connectivity index (χ2v) is 19.5. The van der Waals surface area contributed by atoms with Gasteiger partial charge in [0.05, 0.1) is 0 Å². The molecule has 0 heterocycles. The third-order valence-electron chi connectivity index (χ3n) is 8.70. The molecule has 0 bridgehead atoms. The van der Waals surface area contributed by atoms with Crippen molar-refractivity contribution in [2.24, 2.45) is 0 Å². The summed E-state index contributed by atoms with van der Waals surface area (Å²) in [7, 11) is 0.174. The molecule has 0 aliphatic heterocycles. The van der Waals surface area contributed by atoms with Gasteiger partial charge in [-0.25, -0.2) is 0 Å². The first-order valence-corrected chi connectivity index (χ1v) is 23.2. The Morgan fingerprint density at radius 1 is 0.350 bits per heavy atom. The van der Waals surface area contributed by atoms with E-state index in [-0.39, 0.29) is 10.1 Å². The van der Waals surface area contributed by atoms with Gasteiger partial charge in [0, 0.05) is 21.6 Å². The van der Waals surface area contributed by atoms with Crippen LogP contribution in [0.2, 0.25) is 0 Å². The van der Waals surface area contributed by atoms with Crippen LogP contribution in [-0.2, 0) is 10.1 Å². The number of rotatable bonds is 34. The maximum Gasteiger partial charge on any atom is 0.353 e. The van der Waals surface area contributed by atoms with Gasteiger partial charge in [0.25, 0.3) is 0 Å². The highest BCUT2D eigenvalue weighted by Crippen LogP contribution is 2.29. The van der Waals surface area contributed by atoms with Crippen LogP contribution in [0.15, 0.2) is 0 Å². The van der Waals surface area contributed by atoms with Crippen molar-refractivity contribution in [2.75, 3.05) is 11.5 Å². The molecule has 0 aromatic heterocycles. The molecule has 1 atom stereocenters. The fourth-order valence-corrected chi connectivity index (χ4v) is 10.7. The zero-order valence-electron chi connectivity index (χ0n) is 27.8. The molecule has 4 heteroatoms. The van der Waals surface area contributed by atoms with Crippen LogP contribution in [0.1, 0.15) is 219 Å². The zero-order chi connectivity index (χ0) is 29.2. The van der Waals surface area contributed by atoms with Crippen molar-refractivity contribution >= 4 is 28.4 Å². The molecule has 0 spiro atoms. The van der Waals surface area contributed by atoms with Crippen molar-refractivity contribution in [1.29, 1.82) is 0 Å². The predicted molar refractivity (Wildman–Crippen MR) is 194 cm³/mol. The Morgan fingerprint density at radius 2 is 0.525 bits per heavy atom. The second-order valence-electron chi connectivity index (χ2n) is 12.7. The lowest BCUT2D eigenvalue weighted by Gasteiger charge is -2.05. The third kappa shape index (κ3) is 33.5. The summed E-state index contributed by atoms with van der Waals surface area (Å²) in [4.78, 5) is 10.2. The van der Waals surface area contributed by atoms with E-state index in [1.165, 1.54) is 217 Å². The molecule has 0 aliphatic rings. The highest BCUT2D eigenvalue weighted by atomic mass is 32.9. The highest BCUT2D eigenvalue weighted by Gasteiger charge is 2.11. The molecule has 0 fully saturated rings. The minimum absolute atomic E-state index is 0.174. The smallest absolute Gasteiger partial charge is 0.178 e. The van der Waals surface area contributed by atoms with Crippen molar-refractivity contribution in [3.63, 3.8) is 0 Å². The van der Waals surface area contributed by atoms with Crippen molar-refractivity contribution < 1.29 is 4.89 Å². The Morgan fingerprint density at radius 3 is 0.700 bits per heavy atom. The number of unbranched alkanes of at least 4 members (excludes halogenated alkanes) is 30. The summed E-state index contributed by atoms with van der Waals surface area (Å²) in [5.74, 6) is 2.45. The molecule has 0 aromatic carbocycles. The average molecular weight is 620 g/mol. The maximum absolute atomic E-state index is 10.2. The van der Waals surface area contributed by atoms with Crippen LogP contribution in [-0.4, -0.2) is 16.4 Å². The fraction of sp³-hybridized carbons (Fsp3) is 1.00. The van der Waals surface area contributed by atoms with E-state index in [0.717, 1.165) is 0 Å². The van der Waals surface area contributed by atoms with Crippen LogP contribution in [0, 0.1) is 0 Å². The third-order valence-corrected chi connectivity index (χ3v) is 15.2. The van der Waals surface area contributed by atoms with E-state index in [0.29, 0.717) is 0 Å². The summed E-state index contributed by atoms with van der Waals surface area (Å²) in [6, 6.07) is 0. The summed E-state index contributed by atoms with van der Waals surface area (Å²) >= 11 is 4.49. The second kappa shape index (κ2) is 36.2. The van der Waals surface area contributed by atoms with Gasteiger partial charge in [-0.2, -0.15) is 4.89 Å². The van der Waals surface area contributed by atoms with Gasteiger partial charge < -0.3 is 0 Å². The molecule has 0 radical (unpaired) electrons. The molecule has 1 N–H and O–H groups in total. The molecule has 0 saturated carbocycles. The lowest BCUT2D eigenvalue weighted by Crippen LogP contribution is -2.01. The van der Waals surface area contributed by atoms with E-state index in [1.807, 2.05) is 0 Å². The van der Waals surface area contributed by atoms with Crippen LogP contribution in [0.3, 0.4) is 0 Å². The van der Waals surface area contributed by atoms with Crippen molar-refractivity contribution in [2.45, 2.75) is 219 Å². The molecule has 0 saturated heterocycles. The lowest BCUT2D eigenvalue weighted by atomic mass is 10.0. The van der Waals surface area contributed by atoms with E-state index < -0.39 is 6.13 Å². The van der Waals surface area contributed by atoms with Crippen molar-refractivity contribution in [3.05, 3.63) is 0 Å². The van der Waals surface area contributed by atoms with Crippen LogP contribution in [0.4, 0.5) is 0 Å². The fourth-order valence-electron chi connectivity index (χ4n) is 5.90. The average Bonchev–Trinajstić information content (AvgIpc) is 2.95. The Hall–Kier alpha value is 0.960. The van der Waals surface area contributed by atoms with E-state index in [1.54, 1.807) is 0 Å². The number of hydrogen-bond acceptors (Lipinski definition) is 0. The summed E-state index contributed by atoms with van der Waals surface area (Å²) < 4.78 is 0. The largest absolute Gasteiger partial charge is 0.353 e. The van der Waals surface area contributed by atoms with Crippen LogP contribution < -0.4 is 0 Å². The SMILES string of the molecule is CCCCCCCCCCCCCCCCCCS(CCCCCCCCCCCCCCCCCC)=[P+](O)S. The first-order chi connectivity index (χ1) is 19.7. The summed E-state index contributed by atoms with van der Waals surface area (Å²) in [5, 5.41) is 0. The van der Waals surface area contributed by atoms with Crippen LogP contribution in [0.5, 0.6) is 0 Å². The minimum Gasteiger partial charge on any atom is -0.178 e. The van der Waals surface area contributed by atoms with Crippen molar-refractivity contribution in [1.82, 2.24) is 0 Å². The first-order valence-electron chi connectivity index (χ1n) is 18.6. The molecule has 0 aliphatic carbocycles. The molecular formula is C36H76OPS2+. The Kier molecular flexibility index (Phi) is 37.0. The zero-order valence-corrected chi connectivity index (χ0v) is 30.4. The molecule has 0 aromatic rings. The summed E-state index contributed by atoms with van der Waals surface area (Å²) in [6.45, 7) is 4.60. The molecule has 0 rings (SSSR count).